The zero-order chi connectivity index (χ0) is 20.4. The molecule has 1 heterocycles. The summed E-state index contributed by atoms with van der Waals surface area (Å²) in [6, 6.07) is 11.1. The smallest absolute Gasteiger partial charge is 0.259 e. The molecule has 1 saturated carbocycles. The first-order valence-electron chi connectivity index (χ1n) is 9.43. The van der Waals surface area contributed by atoms with Crippen molar-refractivity contribution >= 4 is 44.2 Å². The molecule has 0 unspecified atom stereocenters. The quantitative estimate of drug-likeness (QED) is 0.590. The summed E-state index contributed by atoms with van der Waals surface area (Å²) in [5.41, 5.74) is 1.29. The van der Waals surface area contributed by atoms with Crippen molar-refractivity contribution in [3.63, 3.8) is 0 Å². The molecule has 8 heteroatoms. The van der Waals surface area contributed by atoms with E-state index in [-0.39, 0.29) is 18.0 Å². The van der Waals surface area contributed by atoms with Gasteiger partial charge in [0.05, 0.1) is 24.4 Å². The van der Waals surface area contributed by atoms with Crippen LogP contribution in [0.1, 0.15) is 29.6 Å². The SMILES string of the molecule is COc1cccc(OC)c1C(=O)N[C@H]1CCC[C@@H]1Nc1nc2cc(Cl)ccc2s1. The summed E-state index contributed by atoms with van der Waals surface area (Å²) in [4.78, 5) is 17.6. The second kappa shape index (κ2) is 8.47. The number of hydrogen-bond acceptors (Lipinski definition) is 6. The number of nitrogens with zero attached hydrogens (tertiary/aromatic N) is 1. The van der Waals surface area contributed by atoms with Crippen molar-refractivity contribution in [2.45, 2.75) is 31.3 Å². The Balaban J connectivity index is 1.51. The molecule has 4 rings (SSSR count). The Kier molecular flexibility index (Phi) is 5.78. The number of hydrogen-bond donors (Lipinski definition) is 2. The van der Waals surface area contributed by atoms with E-state index in [1.165, 1.54) is 0 Å². The molecule has 6 nitrogen and oxygen atoms in total. The fourth-order valence-corrected chi connectivity index (χ4v) is 4.82. The van der Waals surface area contributed by atoms with Gasteiger partial charge in [-0.25, -0.2) is 4.98 Å². The Morgan fingerprint density at radius 3 is 2.59 bits per heavy atom. The first-order valence-corrected chi connectivity index (χ1v) is 10.6. The van der Waals surface area contributed by atoms with Crippen molar-refractivity contribution in [2.75, 3.05) is 19.5 Å². The lowest BCUT2D eigenvalue weighted by molar-refractivity contribution is 0.0929. The van der Waals surface area contributed by atoms with Crippen LogP contribution >= 0.6 is 22.9 Å². The van der Waals surface area contributed by atoms with Crippen LogP contribution in [-0.4, -0.2) is 37.2 Å². The number of ether oxygens (including phenoxy) is 2. The molecule has 1 aliphatic rings. The van der Waals surface area contributed by atoms with Gasteiger partial charge in [-0.2, -0.15) is 0 Å². The molecule has 0 saturated heterocycles. The highest BCUT2D eigenvalue weighted by Crippen LogP contribution is 2.32. The number of benzene rings is 2. The van der Waals surface area contributed by atoms with Gasteiger partial charge in [-0.3, -0.25) is 4.79 Å². The summed E-state index contributed by atoms with van der Waals surface area (Å²) in [6.45, 7) is 0. The summed E-state index contributed by atoms with van der Waals surface area (Å²) >= 11 is 7.65. The number of carbonyl (C=O) groups is 1. The van der Waals surface area contributed by atoms with Crippen molar-refractivity contribution in [1.82, 2.24) is 10.3 Å². The van der Waals surface area contributed by atoms with Gasteiger partial charge >= 0.3 is 0 Å². The minimum absolute atomic E-state index is 0.00674. The molecule has 1 fully saturated rings. The Labute approximate surface area is 178 Å². The van der Waals surface area contributed by atoms with Crippen LogP contribution in [0.4, 0.5) is 5.13 Å². The monoisotopic (exact) mass is 431 g/mol. The van der Waals surface area contributed by atoms with Crippen LogP contribution in [0.15, 0.2) is 36.4 Å². The largest absolute Gasteiger partial charge is 0.496 e. The summed E-state index contributed by atoms with van der Waals surface area (Å²) in [5.74, 6) is 0.786. The molecule has 2 N–H and O–H groups in total. The number of amides is 1. The third kappa shape index (κ3) is 4.11. The zero-order valence-corrected chi connectivity index (χ0v) is 17.8. The molecule has 1 aliphatic carbocycles. The third-order valence-corrected chi connectivity index (χ3v) is 6.35. The number of aromatic nitrogens is 1. The first-order chi connectivity index (χ1) is 14.1. The second-order valence-electron chi connectivity index (χ2n) is 6.93. The number of nitrogens with one attached hydrogen (secondary N) is 2. The van der Waals surface area contributed by atoms with Crippen molar-refractivity contribution in [2.24, 2.45) is 0 Å². The first kappa shape index (κ1) is 19.8. The van der Waals surface area contributed by atoms with E-state index in [0.29, 0.717) is 22.1 Å². The molecule has 29 heavy (non-hydrogen) atoms. The number of thiazole rings is 1. The maximum Gasteiger partial charge on any atom is 0.259 e. The van der Waals surface area contributed by atoms with Gasteiger partial charge in [0.15, 0.2) is 5.13 Å². The molecule has 3 aromatic rings. The average molecular weight is 432 g/mol. The molecule has 2 aromatic carbocycles. The maximum absolute atomic E-state index is 13.0. The van der Waals surface area contributed by atoms with Gasteiger partial charge < -0.3 is 20.1 Å². The Hall–Kier alpha value is -2.51. The van der Waals surface area contributed by atoms with E-state index in [0.717, 1.165) is 34.6 Å². The van der Waals surface area contributed by atoms with E-state index in [2.05, 4.69) is 15.6 Å². The van der Waals surface area contributed by atoms with Gasteiger partial charge in [-0.15, -0.1) is 0 Å². The predicted octanol–water partition coefficient (Wildman–Crippen LogP) is 4.73. The van der Waals surface area contributed by atoms with Gasteiger partial charge in [-0.1, -0.05) is 29.0 Å². The normalized spacial score (nSPS) is 18.6. The molecule has 0 spiro atoms. The fourth-order valence-electron chi connectivity index (χ4n) is 3.74. The molecule has 0 bridgehead atoms. The molecular formula is C21H22ClN3O3S. The van der Waals surface area contributed by atoms with Crippen LogP contribution in [0, 0.1) is 0 Å². The molecule has 1 aromatic heterocycles. The second-order valence-corrected chi connectivity index (χ2v) is 8.40. The van der Waals surface area contributed by atoms with E-state index in [1.54, 1.807) is 43.8 Å². The standard InChI is InChI=1S/C21H22ClN3O3S/c1-27-16-7-4-8-17(28-2)19(16)20(26)23-13-5-3-6-14(13)24-21-25-15-11-12(22)9-10-18(15)29-21/h4,7-11,13-14H,3,5-6H2,1-2H3,(H,23,26)(H,24,25)/t13-,14-/m0/s1. The highest BCUT2D eigenvalue weighted by molar-refractivity contribution is 7.22. The number of anilines is 1. The van der Waals surface area contributed by atoms with Gasteiger partial charge in [0, 0.05) is 17.1 Å². The van der Waals surface area contributed by atoms with E-state index < -0.39 is 0 Å². The number of fused-ring (bicyclic) bond motifs is 1. The Morgan fingerprint density at radius 1 is 1.14 bits per heavy atom. The molecule has 0 aliphatic heterocycles. The Bertz CT molecular complexity index is 1020. The molecule has 152 valence electrons. The van der Waals surface area contributed by atoms with Gasteiger partial charge in [0.25, 0.3) is 5.91 Å². The van der Waals surface area contributed by atoms with Crippen LogP contribution in [0.2, 0.25) is 5.02 Å². The van der Waals surface area contributed by atoms with E-state index in [4.69, 9.17) is 21.1 Å². The van der Waals surface area contributed by atoms with Crippen LogP contribution in [0.25, 0.3) is 10.2 Å². The number of carbonyl (C=O) groups excluding carboxylic acids is 1. The highest BCUT2D eigenvalue weighted by Gasteiger charge is 2.31. The fraction of sp³-hybridized carbons (Fsp3) is 0.333. The van der Waals surface area contributed by atoms with E-state index in [1.807, 2.05) is 18.2 Å². The summed E-state index contributed by atoms with van der Waals surface area (Å²) in [5, 5.41) is 8.16. The summed E-state index contributed by atoms with van der Waals surface area (Å²) in [7, 11) is 3.09. The topological polar surface area (TPSA) is 72.5 Å². The van der Waals surface area contributed by atoms with Crippen molar-refractivity contribution in [3.05, 3.63) is 47.0 Å². The lowest BCUT2D eigenvalue weighted by atomic mass is 10.1. The van der Waals surface area contributed by atoms with Crippen LogP contribution < -0.4 is 20.1 Å². The highest BCUT2D eigenvalue weighted by atomic mass is 35.5. The van der Waals surface area contributed by atoms with Gasteiger partial charge in [-0.05, 0) is 49.6 Å². The lowest BCUT2D eigenvalue weighted by Crippen LogP contribution is -2.43. The minimum atomic E-state index is -0.200. The number of halogens is 1. The third-order valence-electron chi connectivity index (χ3n) is 5.15. The van der Waals surface area contributed by atoms with Crippen molar-refractivity contribution < 1.29 is 14.3 Å². The van der Waals surface area contributed by atoms with Crippen molar-refractivity contribution in [3.8, 4) is 11.5 Å². The van der Waals surface area contributed by atoms with Gasteiger partial charge in [0.1, 0.15) is 17.1 Å². The van der Waals surface area contributed by atoms with Crippen molar-refractivity contribution in [1.29, 1.82) is 0 Å². The van der Waals surface area contributed by atoms with E-state index >= 15 is 0 Å². The van der Waals surface area contributed by atoms with Crippen LogP contribution in [0.3, 0.4) is 0 Å². The minimum Gasteiger partial charge on any atom is -0.496 e. The molecular weight excluding hydrogens is 410 g/mol. The molecule has 2 atom stereocenters. The zero-order valence-electron chi connectivity index (χ0n) is 16.2. The average Bonchev–Trinajstić information content (AvgIpc) is 3.33. The molecule has 0 radical (unpaired) electrons. The summed E-state index contributed by atoms with van der Waals surface area (Å²) in [6.07, 6.45) is 2.89. The number of rotatable bonds is 6. The summed E-state index contributed by atoms with van der Waals surface area (Å²) < 4.78 is 11.8. The predicted molar refractivity (Wildman–Crippen MR) is 117 cm³/mol. The van der Waals surface area contributed by atoms with Gasteiger partial charge in [0.2, 0.25) is 0 Å². The number of methoxy groups -OCH3 is 2. The molecule has 1 amide bonds. The van der Waals surface area contributed by atoms with Crippen LogP contribution in [-0.2, 0) is 0 Å². The van der Waals surface area contributed by atoms with Crippen LogP contribution in [0.5, 0.6) is 11.5 Å². The van der Waals surface area contributed by atoms with E-state index in [9.17, 15) is 4.79 Å². The lowest BCUT2D eigenvalue weighted by Gasteiger charge is -2.23. The maximum atomic E-state index is 13.0. The Morgan fingerprint density at radius 2 is 1.86 bits per heavy atom.